The highest BCUT2D eigenvalue weighted by Gasteiger charge is 2.44. The van der Waals surface area contributed by atoms with Gasteiger partial charge in [0.1, 0.15) is 5.54 Å². The number of carbonyl (C=O) groups is 2. The van der Waals surface area contributed by atoms with E-state index in [-0.39, 0.29) is 12.3 Å². The average Bonchev–Trinajstić information content (AvgIpc) is 2.15. The Balaban J connectivity index is 2.84. The zero-order chi connectivity index (χ0) is 11.5. The molecule has 1 amide bonds. The summed E-state index contributed by atoms with van der Waals surface area (Å²) >= 11 is 0. The molecule has 0 spiro atoms. The minimum Gasteiger partial charge on any atom is -0.467 e. The molecular weight excluding hydrogens is 198 g/mol. The third-order valence-corrected chi connectivity index (χ3v) is 2.72. The third-order valence-electron chi connectivity index (χ3n) is 2.72. The first kappa shape index (κ1) is 12.0. The van der Waals surface area contributed by atoms with Crippen LogP contribution < -0.4 is 5.32 Å². The van der Waals surface area contributed by atoms with Crippen LogP contribution in [0.15, 0.2) is 0 Å². The molecule has 86 valence electrons. The number of hydrogen-bond acceptors (Lipinski definition) is 4. The molecule has 0 radical (unpaired) electrons. The number of nitrogens with one attached hydrogen (secondary N) is 1. The molecule has 0 aromatic carbocycles. The summed E-state index contributed by atoms with van der Waals surface area (Å²) in [6.45, 7) is 1.35. The fraction of sp³-hybridized carbons (Fsp3) is 0.800. The van der Waals surface area contributed by atoms with Gasteiger partial charge >= 0.3 is 5.97 Å². The number of esters is 1. The van der Waals surface area contributed by atoms with Crippen LogP contribution in [0.5, 0.6) is 0 Å². The van der Waals surface area contributed by atoms with E-state index in [0.29, 0.717) is 19.3 Å². The fourth-order valence-electron chi connectivity index (χ4n) is 2.13. The molecule has 0 heterocycles. The highest BCUT2D eigenvalue weighted by molar-refractivity contribution is 5.87. The second-order valence-electron chi connectivity index (χ2n) is 4.01. The summed E-state index contributed by atoms with van der Waals surface area (Å²) < 4.78 is 4.68. The van der Waals surface area contributed by atoms with E-state index in [2.05, 4.69) is 10.1 Å². The first-order valence-corrected chi connectivity index (χ1v) is 5.05. The standard InChI is InChI=1S/C10H17NO4/c1-7(12)11-10(9(14)15-2)5-3-4-8(13)6-10/h8,13H,3-6H2,1-2H3,(H,11,12)/t8-,10+/m1/s1. The molecule has 1 saturated carbocycles. The van der Waals surface area contributed by atoms with Crippen molar-refractivity contribution in [2.75, 3.05) is 7.11 Å². The fourth-order valence-corrected chi connectivity index (χ4v) is 2.13. The molecule has 0 unspecified atom stereocenters. The van der Waals surface area contributed by atoms with Crippen LogP contribution in [0.2, 0.25) is 0 Å². The second-order valence-corrected chi connectivity index (χ2v) is 4.01. The smallest absolute Gasteiger partial charge is 0.331 e. The van der Waals surface area contributed by atoms with Crippen LogP contribution in [0.1, 0.15) is 32.6 Å². The van der Waals surface area contributed by atoms with E-state index < -0.39 is 17.6 Å². The lowest BCUT2D eigenvalue weighted by atomic mass is 9.80. The summed E-state index contributed by atoms with van der Waals surface area (Å²) in [5.74, 6) is -0.758. The highest BCUT2D eigenvalue weighted by Crippen LogP contribution is 2.29. The number of methoxy groups -OCH3 is 1. The number of carbonyl (C=O) groups excluding carboxylic acids is 2. The van der Waals surface area contributed by atoms with Crippen molar-refractivity contribution in [2.45, 2.75) is 44.2 Å². The van der Waals surface area contributed by atoms with Crippen molar-refractivity contribution in [2.24, 2.45) is 0 Å². The van der Waals surface area contributed by atoms with Gasteiger partial charge in [0.2, 0.25) is 5.91 Å². The van der Waals surface area contributed by atoms with E-state index in [1.807, 2.05) is 0 Å². The van der Waals surface area contributed by atoms with E-state index >= 15 is 0 Å². The molecule has 0 saturated heterocycles. The van der Waals surface area contributed by atoms with Gasteiger partial charge in [-0.1, -0.05) is 0 Å². The van der Waals surface area contributed by atoms with Gasteiger partial charge in [-0.25, -0.2) is 4.79 Å². The third kappa shape index (κ3) is 2.68. The van der Waals surface area contributed by atoms with Crippen LogP contribution >= 0.6 is 0 Å². The maximum absolute atomic E-state index is 11.6. The summed E-state index contributed by atoms with van der Waals surface area (Å²) in [5.41, 5.74) is -1.03. The molecule has 2 atom stereocenters. The van der Waals surface area contributed by atoms with Gasteiger partial charge in [-0.2, -0.15) is 0 Å². The SMILES string of the molecule is COC(=O)[C@]1(NC(C)=O)CCC[C@@H](O)C1. The Morgan fingerprint density at radius 3 is 2.67 bits per heavy atom. The molecule has 0 aliphatic heterocycles. The summed E-state index contributed by atoms with van der Waals surface area (Å²) in [5, 5.41) is 12.1. The highest BCUT2D eigenvalue weighted by atomic mass is 16.5. The van der Waals surface area contributed by atoms with Crippen LogP contribution in [0.25, 0.3) is 0 Å². The first-order valence-electron chi connectivity index (χ1n) is 5.05. The molecule has 15 heavy (non-hydrogen) atoms. The summed E-state index contributed by atoms with van der Waals surface area (Å²) in [6.07, 6.45) is 1.58. The molecule has 0 aromatic heterocycles. The molecule has 0 aromatic rings. The number of aliphatic hydroxyl groups excluding tert-OH is 1. The van der Waals surface area contributed by atoms with E-state index in [1.54, 1.807) is 0 Å². The lowest BCUT2D eigenvalue weighted by molar-refractivity contribution is -0.154. The largest absolute Gasteiger partial charge is 0.467 e. The average molecular weight is 215 g/mol. The minimum absolute atomic E-state index is 0.235. The van der Waals surface area contributed by atoms with Crippen molar-refractivity contribution < 1.29 is 19.4 Å². The quantitative estimate of drug-likeness (QED) is 0.634. The van der Waals surface area contributed by atoms with Gasteiger partial charge in [-0.05, 0) is 19.3 Å². The molecule has 1 aliphatic rings. The van der Waals surface area contributed by atoms with Gasteiger partial charge < -0.3 is 15.2 Å². The molecule has 5 nitrogen and oxygen atoms in total. The lowest BCUT2D eigenvalue weighted by Crippen LogP contribution is -2.57. The van der Waals surface area contributed by atoms with Crippen LogP contribution in [0, 0.1) is 0 Å². The van der Waals surface area contributed by atoms with Gasteiger partial charge in [0.15, 0.2) is 0 Å². The van der Waals surface area contributed by atoms with Crippen molar-refractivity contribution in [3.8, 4) is 0 Å². The zero-order valence-electron chi connectivity index (χ0n) is 9.08. The van der Waals surface area contributed by atoms with Gasteiger partial charge in [0.05, 0.1) is 13.2 Å². The topological polar surface area (TPSA) is 75.6 Å². The summed E-state index contributed by atoms with van der Waals surface area (Å²) in [4.78, 5) is 22.7. The van der Waals surface area contributed by atoms with Crippen molar-refractivity contribution >= 4 is 11.9 Å². The monoisotopic (exact) mass is 215 g/mol. The van der Waals surface area contributed by atoms with Crippen molar-refractivity contribution in [3.63, 3.8) is 0 Å². The van der Waals surface area contributed by atoms with Crippen molar-refractivity contribution in [1.82, 2.24) is 5.32 Å². The maximum atomic E-state index is 11.6. The second kappa shape index (κ2) is 4.61. The van der Waals surface area contributed by atoms with Crippen LogP contribution in [0.3, 0.4) is 0 Å². The van der Waals surface area contributed by atoms with Gasteiger partial charge in [0, 0.05) is 13.3 Å². The van der Waals surface area contributed by atoms with Crippen molar-refractivity contribution in [1.29, 1.82) is 0 Å². The van der Waals surface area contributed by atoms with E-state index in [1.165, 1.54) is 14.0 Å². The molecule has 0 bridgehead atoms. The normalized spacial score (nSPS) is 30.7. The zero-order valence-corrected chi connectivity index (χ0v) is 9.08. The van der Waals surface area contributed by atoms with Gasteiger partial charge in [0.25, 0.3) is 0 Å². The summed E-state index contributed by atoms with van der Waals surface area (Å²) in [7, 11) is 1.28. The van der Waals surface area contributed by atoms with Gasteiger partial charge in [-0.15, -0.1) is 0 Å². The number of amides is 1. The number of aliphatic hydroxyl groups is 1. The lowest BCUT2D eigenvalue weighted by Gasteiger charge is -2.37. The van der Waals surface area contributed by atoms with Crippen LogP contribution in [-0.4, -0.2) is 35.7 Å². The Hall–Kier alpha value is -1.10. The van der Waals surface area contributed by atoms with Crippen LogP contribution in [-0.2, 0) is 14.3 Å². The molecule has 1 rings (SSSR count). The van der Waals surface area contributed by atoms with E-state index in [0.717, 1.165) is 0 Å². The number of rotatable bonds is 2. The van der Waals surface area contributed by atoms with E-state index in [4.69, 9.17) is 0 Å². The predicted octanol–water partition coefficient (Wildman–Crippen LogP) is -0.0308. The minimum atomic E-state index is -1.03. The Labute approximate surface area is 88.8 Å². The van der Waals surface area contributed by atoms with Crippen molar-refractivity contribution in [3.05, 3.63) is 0 Å². The Morgan fingerprint density at radius 2 is 2.20 bits per heavy atom. The summed E-state index contributed by atoms with van der Waals surface area (Å²) in [6, 6.07) is 0. The van der Waals surface area contributed by atoms with Gasteiger partial charge in [-0.3, -0.25) is 4.79 Å². The number of ether oxygens (including phenoxy) is 1. The first-order chi connectivity index (χ1) is 7.00. The Kier molecular flexibility index (Phi) is 3.68. The Morgan fingerprint density at radius 1 is 1.53 bits per heavy atom. The molecule has 5 heteroatoms. The molecule has 2 N–H and O–H groups in total. The molecule has 1 fully saturated rings. The Bertz CT molecular complexity index is 266. The number of hydrogen-bond donors (Lipinski definition) is 2. The molecule has 1 aliphatic carbocycles. The predicted molar refractivity (Wildman–Crippen MR) is 53.0 cm³/mol. The molecular formula is C10H17NO4. The van der Waals surface area contributed by atoms with Crippen LogP contribution in [0.4, 0.5) is 0 Å². The maximum Gasteiger partial charge on any atom is 0.331 e. The van der Waals surface area contributed by atoms with E-state index in [9.17, 15) is 14.7 Å².